The molecular weight excluding hydrogens is 432 g/mol. The first-order chi connectivity index (χ1) is 15.4. The molecule has 2 amide bonds. The van der Waals surface area contributed by atoms with Crippen LogP contribution in [0.15, 0.2) is 47.6 Å². The van der Waals surface area contributed by atoms with Gasteiger partial charge in [-0.1, -0.05) is 35.9 Å². The Bertz CT molecular complexity index is 1310. The summed E-state index contributed by atoms with van der Waals surface area (Å²) in [5.74, 6) is -0.241. The number of carbonyl (C=O) groups excluding carboxylic acids is 2. The smallest absolute Gasteiger partial charge is 0.255 e. The number of halogens is 1. The van der Waals surface area contributed by atoms with Crippen molar-refractivity contribution in [2.45, 2.75) is 6.42 Å². The zero-order valence-corrected chi connectivity index (χ0v) is 17.5. The van der Waals surface area contributed by atoms with Gasteiger partial charge in [-0.05, 0) is 24.5 Å². The predicted octanol–water partition coefficient (Wildman–Crippen LogP) is 2.52. The highest BCUT2D eigenvalue weighted by Gasteiger charge is 2.44. The Hall–Kier alpha value is -3.72. The van der Waals surface area contributed by atoms with Crippen molar-refractivity contribution >= 4 is 46.0 Å². The van der Waals surface area contributed by atoms with Crippen LogP contribution in [0.2, 0.25) is 5.02 Å². The molecule has 1 saturated carbocycles. The van der Waals surface area contributed by atoms with Crippen LogP contribution in [-0.4, -0.2) is 39.1 Å². The van der Waals surface area contributed by atoms with Gasteiger partial charge >= 0.3 is 0 Å². The van der Waals surface area contributed by atoms with Gasteiger partial charge in [0, 0.05) is 17.2 Å². The predicted molar refractivity (Wildman–Crippen MR) is 120 cm³/mol. The second kappa shape index (κ2) is 7.76. The summed E-state index contributed by atoms with van der Waals surface area (Å²) in [5, 5.41) is 0.341. The van der Waals surface area contributed by atoms with Crippen molar-refractivity contribution in [3.8, 4) is 17.1 Å². The summed E-state index contributed by atoms with van der Waals surface area (Å²) in [6.07, 6.45) is 6.41. The van der Waals surface area contributed by atoms with Gasteiger partial charge < -0.3 is 21.2 Å². The molecule has 32 heavy (non-hydrogen) atoms. The van der Waals surface area contributed by atoms with Crippen molar-refractivity contribution in [1.29, 1.82) is 0 Å². The average Bonchev–Trinajstić information content (AvgIpc) is 3.49. The molecule has 1 aromatic carbocycles. The Kier molecular flexibility index (Phi) is 4.90. The molecule has 2 bridgehead atoms. The van der Waals surface area contributed by atoms with E-state index in [-0.39, 0.29) is 24.3 Å². The highest BCUT2D eigenvalue weighted by atomic mass is 35.5. The first-order valence-electron chi connectivity index (χ1n) is 10.0. The van der Waals surface area contributed by atoms with Crippen molar-refractivity contribution in [2.24, 2.45) is 34.2 Å². The topological polar surface area (TPSA) is 149 Å². The number of ether oxygens (including phenoxy) is 1. The van der Waals surface area contributed by atoms with Gasteiger partial charge in [0.1, 0.15) is 22.8 Å². The number of imidazole rings is 1. The Morgan fingerprint density at radius 2 is 2.12 bits per heavy atom. The Morgan fingerprint density at radius 3 is 2.91 bits per heavy atom. The van der Waals surface area contributed by atoms with E-state index >= 15 is 0 Å². The number of hydrogen-bond acceptors (Lipinski definition) is 6. The number of pyridine rings is 1. The first-order valence-corrected chi connectivity index (χ1v) is 10.4. The van der Waals surface area contributed by atoms with Crippen LogP contribution in [0.5, 0.6) is 5.75 Å². The van der Waals surface area contributed by atoms with Gasteiger partial charge in [-0.15, -0.1) is 0 Å². The molecule has 0 aliphatic heterocycles. The third-order valence-electron chi connectivity index (χ3n) is 5.73. The highest BCUT2D eigenvalue weighted by Crippen LogP contribution is 2.44. The van der Waals surface area contributed by atoms with E-state index in [1.54, 1.807) is 18.2 Å². The maximum absolute atomic E-state index is 12.1. The van der Waals surface area contributed by atoms with Gasteiger partial charge in [-0.25, -0.2) is 9.97 Å². The minimum atomic E-state index is -0.563. The highest BCUT2D eigenvalue weighted by molar-refractivity contribution is 6.34. The second-order valence-corrected chi connectivity index (χ2v) is 8.24. The van der Waals surface area contributed by atoms with Crippen LogP contribution >= 0.6 is 11.6 Å². The van der Waals surface area contributed by atoms with Crippen LogP contribution in [0.4, 0.5) is 5.69 Å². The van der Waals surface area contributed by atoms with Crippen LogP contribution in [0.25, 0.3) is 22.6 Å². The van der Waals surface area contributed by atoms with E-state index in [9.17, 15) is 9.59 Å². The van der Waals surface area contributed by atoms with Crippen LogP contribution in [0.3, 0.4) is 0 Å². The molecule has 9 nitrogen and oxygen atoms in total. The molecule has 0 spiro atoms. The Balaban J connectivity index is 1.56. The minimum absolute atomic E-state index is 0.0678. The number of allylic oxidation sites excluding steroid dienone is 2. The molecule has 5 rings (SSSR count). The number of H-pyrrole nitrogens is 1. The number of carbonyl (C=O) groups is 2. The summed E-state index contributed by atoms with van der Waals surface area (Å²) in [4.78, 5) is 39.9. The number of rotatable bonds is 6. The zero-order chi connectivity index (χ0) is 22.4. The van der Waals surface area contributed by atoms with Gasteiger partial charge in [-0.3, -0.25) is 14.6 Å². The molecule has 2 aliphatic rings. The van der Waals surface area contributed by atoms with E-state index in [4.69, 9.17) is 32.8 Å². The first kappa shape index (κ1) is 20.2. The van der Waals surface area contributed by atoms with Crippen LogP contribution in [0.1, 0.15) is 6.42 Å². The number of nitrogens with zero attached hydrogens (tertiary/aromatic N) is 3. The quantitative estimate of drug-likeness (QED) is 0.493. The minimum Gasteiger partial charge on any atom is -0.484 e. The molecule has 10 heteroatoms. The van der Waals surface area contributed by atoms with E-state index in [0.717, 1.165) is 17.7 Å². The molecule has 2 aliphatic carbocycles. The van der Waals surface area contributed by atoms with Crippen molar-refractivity contribution in [3.63, 3.8) is 0 Å². The molecule has 3 atom stereocenters. The van der Waals surface area contributed by atoms with E-state index < -0.39 is 11.8 Å². The van der Waals surface area contributed by atoms with Crippen molar-refractivity contribution in [2.75, 3.05) is 6.61 Å². The number of fused-ring (bicyclic) bond motifs is 3. The zero-order valence-electron chi connectivity index (χ0n) is 16.8. The van der Waals surface area contributed by atoms with Crippen LogP contribution in [-0.2, 0) is 9.59 Å². The van der Waals surface area contributed by atoms with Crippen LogP contribution in [0, 0.1) is 17.8 Å². The fraction of sp³-hybridized carbons (Fsp3) is 0.227. The fourth-order valence-corrected chi connectivity index (χ4v) is 4.52. The molecular formula is C22H19ClN6O3. The number of nitrogens with one attached hydrogen (secondary N) is 1. The second-order valence-electron chi connectivity index (χ2n) is 7.83. The normalized spacial score (nSPS) is 22.7. The van der Waals surface area contributed by atoms with E-state index in [1.807, 2.05) is 12.1 Å². The molecule has 162 valence electrons. The number of aliphatic imine (C=N–C) groups is 1. The lowest BCUT2D eigenvalue weighted by atomic mass is 9.91. The molecule has 0 saturated heterocycles. The summed E-state index contributed by atoms with van der Waals surface area (Å²) >= 11 is 6.45. The van der Waals surface area contributed by atoms with E-state index in [1.165, 1.54) is 6.20 Å². The summed E-state index contributed by atoms with van der Waals surface area (Å²) in [7, 11) is 0. The number of nitrogens with two attached hydrogens (primary N) is 2. The maximum Gasteiger partial charge on any atom is 0.255 e. The lowest BCUT2D eigenvalue weighted by Crippen LogP contribution is -2.33. The van der Waals surface area contributed by atoms with Gasteiger partial charge in [0.25, 0.3) is 5.91 Å². The lowest BCUT2D eigenvalue weighted by molar-refractivity contribution is -0.121. The number of amides is 2. The van der Waals surface area contributed by atoms with Gasteiger partial charge in [0.2, 0.25) is 5.91 Å². The SMILES string of the molecule is NC(=O)COc1cccc(-c2nc3ncc(Cl)c(N=C4[C@@H](C(N)=O)[C@@H]5C=C[C@H]4C5)c3[nH]2)c1. The Morgan fingerprint density at radius 1 is 1.28 bits per heavy atom. The Labute approximate surface area is 187 Å². The molecule has 1 fully saturated rings. The number of benzene rings is 1. The standard InChI is InChI=1S/C22H19ClN6O3/c23-14-8-26-22-19(18(14)27-17-11-5-4-10(6-11)16(17)20(25)31)28-21(29-22)12-2-1-3-13(7-12)32-9-15(24)30/h1-5,7-8,10-11,16H,6,9H2,(H2,24,30)(H2,25,31)(H,26,28,29)/t10-,11+,16+/m1/s1. The van der Waals surface area contributed by atoms with Gasteiger partial charge in [0.05, 0.1) is 17.1 Å². The fourth-order valence-electron chi connectivity index (χ4n) is 4.34. The lowest BCUT2D eigenvalue weighted by Gasteiger charge is -2.17. The van der Waals surface area contributed by atoms with E-state index in [0.29, 0.717) is 33.4 Å². The number of primary amides is 2. The van der Waals surface area contributed by atoms with Crippen molar-refractivity contribution in [1.82, 2.24) is 15.0 Å². The largest absolute Gasteiger partial charge is 0.484 e. The van der Waals surface area contributed by atoms with Crippen molar-refractivity contribution < 1.29 is 14.3 Å². The number of hydrogen-bond donors (Lipinski definition) is 3. The molecule has 0 unspecified atom stereocenters. The monoisotopic (exact) mass is 450 g/mol. The van der Waals surface area contributed by atoms with Gasteiger partial charge in [-0.2, -0.15) is 0 Å². The molecule has 2 aromatic heterocycles. The average molecular weight is 451 g/mol. The maximum atomic E-state index is 12.1. The third-order valence-corrected chi connectivity index (χ3v) is 6.00. The summed E-state index contributed by atoms with van der Waals surface area (Å²) < 4.78 is 5.37. The molecule has 5 N–H and O–H groups in total. The summed E-state index contributed by atoms with van der Waals surface area (Å²) in [5.41, 5.74) is 13.7. The number of aromatic amines is 1. The summed E-state index contributed by atoms with van der Waals surface area (Å²) in [6.45, 7) is -0.222. The van der Waals surface area contributed by atoms with Crippen LogP contribution < -0.4 is 16.2 Å². The van der Waals surface area contributed by atoms with Crippen molar-refractivity contribution in [3.05, 3.63) is 47.6 Å². The van der Waals surface area contributed by atoms with E-state index in [2.05, 4.69) is 21.0 Å². The molecule has 2 heterocycles. The third kappa shape index (κ3) is 3.50. The molecule has 3 aromatic rings. The summed E-state index contributed by atoms with van der Waals surface area (Å²) in [6, 6.07) is 7.07. The van der Waals surface area contributed by atoms with Gasteiger partial charge in [0.15, 0.2) is 12.3 Å². The number of aromatic nitrogens is 3. The molecule has 0 radical (unpaired) electrons.